The molecule has 0 spiro atoms. The van der Waals surface area contributed by atoms with Crippen molar-refractivity contribution in [2.75, 3.05) is 18.1 Å². The third-order valence-corrected chi connectivity index (χ3v) is 3.94. The van der Waals surface area contributed by atoms with Crippen molar-refractivity contribution in [1.82, 2.24) is 0 Å². The van der Waals surface area contributed by atoms with Crippen LogP contribution >= 0.6 is 0 Å². The van der Waals surface area contributed by atoms with Crippen LogP contribution in [0, 0.1) is 5.82 Å². The van der Waals surface area contributed by atoms with E-state index in [1.807, 2.05) is 0 Å². The number of halogens is 1. The minimum atomic E-state index is -3.13. The summed E-state index contributed by atoms with van der Waals surface area (Å²) in [5.41, 5.74) is -0.455. The summed E-state index contributed by atoms with van der Waals surface area (Å²) in [7, 11) is -3.13. The quantitative estimate of drug-likeness (QED) is 0.848. The van der Waals surface area contributed by atoms with Crippen molar-refractivity contribution in [1.29, 1.82) is 0 Å². The lowest BCUT2D eigenvalue weighted by atomic mass is 10.2. The Morgan fingerprint density at radius 3 is 2.61 bits per heavy atom. The highest BCUT2D eigenvalue weighted by Crippen LogP contribution is 2.16. The van der Waals surface area contributed by atoms with Crippen LogP contribution in [0.2, 0.25) is 0 Å². The number of sulfone groups is 1. The largest absolute Gasteiger partial charge is 0.492 e. The van der Waals surface area contributed by atoms with Gasteiger partial charge in [0.15, 0.2) is 9.84 Å². The number of carboxylic acid groups (broad SMARTS) is 1. The maximum Gasteiger partial charge on any atom is 0.338 e. The van der Waals surface area contributed by atoms with Crippen molar-refractivity contribution in [2.24, 2.45) is 0 Å². The van der Waals surface area contributed by atoms with E-state index in [9.17, 15) is 17.6 Å². The zero-order valence-electron chi connectivity index (χ0n) is 9.72. The normalized spacial score (nSPS) is 11.2. The number of benzene rings is 1. The summed E-state index contributed by atoms with van der Waals surface area (Å²) in [5, 5.41) is 8.61. The van der Waals surface area contributed by atoms with Gasteiger partial charge in [0, 0.05) is 11.8 Å². The summed E-state index contributed by atoms with van der Waals surface area (Å²) in [6, 6.07) is 3.27. The number of ether oxygens (including phenoxy) is 1. The minimum Gasteiger partial charge on any atom is -0.492 e. The third kappa shape index (κ3) is 3.99. The molecule has 0 amide bonds. The zero-order chi connectivity index (χ0) is 13.8. The number of rotatable bonds is 6. The molecule has 0 saturated heterocycles. The number of hydrogen-bond donors (Lipinski definition) is 1. The van der Waals surface area contributed by atoms with Crippen LogP contribution in [-0.4, -0.2) is 37.6 Å². The fraction of sp³-hybridized carbons (Fsp3) is 0.364. The molecule has 0 fully saturated rings. The summed E-state index contributed by atoms with van der Waals surface area (Å²) >= 11 is 0. The average Bonchev–Trinajstić information content (AvgIpc) is 2.28. The molecule has 18 heavy (non-hydrogen) atoms. The summed E-state index contributed by atoms with van der Waals surface area (Å²) < 4.78 is 40.6. The molecule has 0 radical (unpaired) electrons. The van der Waals surface area contributed by atoms with Crippen LogP contribution in [0.3, 0.4) is 0 Å². The van der Waals surface area contributed by atoms with Crippen LogP contribution in [0.25, 0.3) is 0 Å². The Labute approximate surface area is 104 Å². The van der Waals surface area contributed by atoms with Crippen molar-refractivity contribution >= 4 is 15.8 Å². The molecule has 0 aromatic heterocycles. The molecule has 0 aliphatic carbocycles. The van der Waals surface area contributed by atoms with Gasteiger partial charge >= 0.3 is 5.97 Å². The molecule has 0 aliphatic rings. The first-order valence-electron chi connectivity index (χ1n) is 5.22. The predicted molar refractivity (Wildman–Crippen MR) is 63.2 cm³/mol. The Morgan fingerprint density at radius 1 is 1.44 bits per heavy atom. The van der Waals surface area contributed by atoms with Gasteiger partial charge in [0.05, 0.1) is 11.3 Å². The molecule has 1 aromatic rings. The Kier molecular flexibility index (Phi) is 4.66. The molecule has 0 saturated carbocycles. The molecule has 100 valence electrons. The first-order valence-corrected chi connectivity index (χ1v) is 7.04. The molecular weight excluding hydrogens is 263 g/mol. The number of hydrogen-bond acceptors (Lipinski definition) is 4. The van der Waals surface area contributed by atoms with Crippen LogP contribution in [0.5, 0.6) is 5.75 Å². The summed E-state index contributed by atoms with van der Waals surface area (Å²) in [6.45, 7) is 1.43. The monoisotopic (exact) mass is 276 g/mol. The maximum atomic E-state index is 13.2. The van der Waals surface area contributed by atoms with E-state index < -0.39 is 27.2 Å². The average molecular weight is 276 g/mol. The van der Waals surface area contributed by atoms with Gasteiger partial charge in [0.1, 0.15) is 18.2 Å². The maximum absolute atomic E-state index is 13.2. The SMILES string of the molecule is CCS(=O)(=O)CCOc1ccc(C(=O)O)c(F)c1. The van der Waals surface area contributed by atoms with Gasteiger partial charge in [0.2, 0.25) is 0 Å². The van der Waals surface area contributed by atoms with Crippen LogP contribution in [0.4, 0.5) is 4.39 Å². The van der Waals surface area contributed by atoms with Crippen molar-refractivity contribution in [2.45, 2.75) is 6.92 Å². The standard InChI is InChI=1S/C11H13FO5S/c1-2-18(15,16)6-5-17-8-3-4-9(11(13)14)10(12)7-8/h3-4,7H,2,5-6H2,1H3,(H,13,14). The second-order valence-corrected chi connectivity index (χ2v) is 6.00. The van der Waals surface area contributed by atoms with Crippen LogP contribution in [0.1, 0.15) is 17.3 Å². The lowest BCUT2D eigenvalue weighted by molar-refractivity contribution is 0.0692. The van der Waals surface area contributed by atoms with Crippen molar-refractivity contribution in [3.05, 3.63) is 29.6 Å². The second kappa shape index (κ2) is 5.81. The van der Waals surface area contributed by atoms with Crippen LogP contribution in [-0.2, 0) is 9.84 Å². The van der Waals surface area contributed by atoms with E-state index in [-0.39, 0.29) is 23.9 Å². The Balaban J connectivity index is 2.65. The van der Waals surface area contributed by atoms with E-state index in [0.717, 1.165) is 12.1 Å². The molecule has 0 atom stereocenters. The van der Waals surface area contributed by atoms with Gasteiger partial charge in [-0.3, -0.25) is 0 Å². The van der Waals surface area contributed by atoms with Gasteiger partial charge in [-0.15, -0.1) is 0 Å². The van der Waals surface area contributed by atoms with Gasteiger partial charge in [0.25, 0.3) is 0 Å². The van der Waals surface area contributed by atoms with Gasteiger partial charge in [-0.25, -0.2) is 17.6 Å². The van der Waals surface area contributed by atoms with E-state index >= 15 is 0 Å². The Hall–Kier alpha value is -1.63. The second-order valence-electron chi connectivity index (χ2n) is 3.53. The number of carbonyl (C=O) groups is 1. The molecule has 0 heterocycles. The smallest absolute Gasteiger partial charge is 0.338 e. The van der Waals surface area contributed by atoms with E-state index in [4.69, 9.17) is 9.84 Å². The fourth-order valence-electron chi connectivity index (χ4n) is 1.19. The van der Waals surface area contributed by atoms with E-state index in [1.165, 1.54) is 13.0 Å². The topological polar surface area (TPSA) is 80.7 Å². The molecule has 0 aliphatic heterocycles. The Morgan fingerprint density at radius 2 is 2.11 bits per heavy atom. The zero-order valence-corrected chi connectivity index (χ0v) is 10.5. The van der Waals surface area contributed by atoms with Crippen LogP contribution < -0.4 is 4.74 Å². The van der Waals surface area contributed by atoms with Crippen molar-refractivity contribution in [3.63, 3.8) is 0 Å². The summed E-state index contributed by atoms with van der Waals surface area (Å²) in [5.74, 6) is -2.33. The highest BCUT2D eigenvalue weighted by atomic mass is 32.2. The third-order valence-electron chi connectivity index (χ3n) is 2.27. The van der Waals surface area contributed by atoms with Gasteiger partial charge in [-0.05, 0) is 12.1 Å². The summed E-state index contributed by atoms with van der Waals surface area (Å²) in [4.78, 5) is 10.6. The molecule has 1 N–H and O–H groups in total. The van der Waals surface area contributed by atoms with Gasteiger partial charge < -0.3 is 9.84 Å². The lowest BCUT2D eigenvalue weighted by Gasteiger charge is -2.07. The highest BCUT2D eigenvalue weighted by molar-refractivity contribution is 7.91. The van der Waals surface area contributed by atoms with E-state index in [0.29, 0.717) is 0 Å². The first-order chi connectivity index (χ1) is 8.35. The molecular formula is C11H13FO5S. The van der Waals surface area contributed by atoms with Crippen LogP contribution in [0.15, 0.2) is 18.2 Å². The van der Waals surface area contributed by atoms with E-state index in [1.54, 1.807) is 0 Å². The number of aromatic carboxylic acids is 1. The molecule has 0 unspecified atom stereocenters. The molecule has 0 bridgehead atoms. The molecule has 7 heteroatoms. The fourth-order valence-corrected chi connectivity index (χ4v) is 1.82. The molecule has 1 aromatic carbocycles. The van der Waals surface area contributed by atoms with E-state index in [2.05, 4.69) is 0 Å². The minimum absolute atomic E-state index is 0.0165. The van der Waals surface area contributed by atoms with Crippen molar-refractivity contribution < 1.29 is 27.4 Å². The van der Waals surface area contributed by atoms with Gasteiger partial charge in [-0.2, -0.15) is 0 Å². The molecule has 1 rings (SSSR count). The highest BCUT2D eigenvalue weighted by Gasteiger charge is 2.12. The van der Waals surface area contributed by atoms with Gasteiger partial charge in [-0.1, -0.05) is 6.92 Å². The molecule has 5 nitrogen and oxygen atoms in total. The lowest BCUT2D eigenvalue weighted by Crippen LogP contribution is -2.15. The number of carboxylic acids is 1. The Bertz CT molecular complexity index is 538. The van der Waals surface area contributed by atoms with Crippen molar-refractivity contribution in [3.8, 4) is 5.75 Å². The predicted octanol–water partition coefficient (Wildman–Crippen LogP) is 1.34. The first kappa shape index (κ1) is 14.4. The summed E-state index contributed by atoms with van der Waals surface area (Å²) in [6.07, 6.45) is 0.